The SMILES string of the molecule is CC(=O)Cc1cccc(C(O)C(O)CNC(=O)OC(C)(C)C)c1. The molecule has 0 saturated carbocycles. The number of ketones is 1. The van der Waals surface area contributed by atoms with Gasteiger partial charge in [-0.15, -0.1) is 0 Å². The highest BCUT2D eigenvalue weighted by Crippen LogP contribution is 2.18. The smallest absolute Gasteiger partial charge is 0.407 e. The van der Waals surface area contributed by atoms with Crippen LogP contribution in [-0.2, 0) is 16.0 Å². The summed E-state index contributed by atoms with van der Waals surface area (Å²) in [7, 11) is 0. The molecule has 0 aliphatic rings. The van der Waals surface area contributed by atoms with Crippen molar-refractivity contribution in [2.75, 3.05) is 6.54 Å². The summed E-state index contributed by atoms with van der Waals surface area (Å²) >= 11 is 0. The van der Waals surface area contributed by atoms with Crippen LogP contribution in [0, 0.1) is 0 Å². The monoisotopic (exact) mass is 323 g/mol. The first-order valence-corrected chi connectivity index (χ1v) is 7.50. The molecule has 1 aromatic rings. The van der Waals surface area contributed by atoms with E-state index in [1.54, 1.807) is 45.0 Å². The van der Waals surface area contributed by atoms with E-state index in [4.69, 9.17) is 4.74 Å². The number of rotatable bonds is 6. The molecule has 0 aromatic heterocycles. The fraction of sp³-hybridized carbons (Fsp3) is 0.529. The number of hydrogen-bond donors (Lipinski definition) is 3. The van der Waals surface area contributed by atoms with Crippen LogP contribution < -0.4 is 5.32 Å². The molecule has 0 spiro atoms. The minimum absolute atomic E-state index is 0.0174. The average Bonchev–Trinajstić information content (AvgIpc) is 2.41. The van der Waals surface area contributed by atoms with Crippen LogP contribution in [0.4, 0.5) is 4.79 Å². The predicted molar refractivity (Wildman–Crippen MR) is 86.0 cm³/mol. The Morgan fingerprint density at radius 3 is 2.48 bits per heavy atom. The summed E-state index contributed by atoms with van der Waals surface area (Å²) in [5.74, 6) is 0.0174. The Bertz CT molecular complexity index is 550. The third-order valence-corrected chi connectivity index (χ3v) is 2.96. The number of aliphatic hydroxyl groups is 2. The highest BCUT2D eigenvalue weighted by atomic mass is 16.6. The molecule has 0 aliphatic carbocycles. The molecule has 23 heavy (non-hydrogen) atoms. The second-order valence-electron chi connectivity index (χ2n) is 6.52. The van der Waals surface area contributed by atoms with E-state index in [1.165, 1.54) is 6.92 Å². The van der Waals surface area contributed by atoms with E-state index in [-0.39, 0.29) is 18.7 Å². The maximum Gasteiger partial charge on any atom is 0.407 e. The van der Waals surface area contributed by atoms with Crippen molar-refractivity contribution < 1.29 is 24.5 Å². The van der Waals surface area contributed by atoms with Crippen LogP contribution >= 0.6 is 0 Å². The number of carbonyl (C=O) groups excluding carboxylic acids is 2. The van der Waals surface area contributed by atoms with Gasteiger partial charge in [0.25, 0.3) is 0 Å². The van der Waals surface area contributed by atoms with Crippen LogP contribution in [0.25, 0.3) is 0 Å². The normalized spacial score (nSPS) is 14.0. The van der Waals surface area contributed by atoms with Gasteiger partial charge in [-0.3, -0.25) is 4.79 Å². The molecule has 6 heteroatoms. The quantitative estimate of drug-likeness (QED) is 0.741. The Kier molecular flexibility index (Phi) is 6.72. The second-order valence-corrected chi connectivity index (χ2v) is 6.52. The van der Waals surface area contributed by atoms with E-state index in [9.17, 15) is 19.8 Å². The Morgan fingerprint density at radius 1 is 1.26 bits per heavy atom. The maximum absolute atomic E-state index is 11.5. The van der Waals surface area contributed by atoms with Crippen molar-refractivity contribution in [2.45, 2.75) is 51.9 Å². The van der Waals surface area contributed by atoms with Gasteiger partial charge in [-0.1, -0.05) is 24.3 Å². The van der Waals surface area contributed by atoms with Crippen LogP contribution in [0.2, 0.25) is 0 Å². The zero-order valence-corrected chi connectivity index (χ0v) is 14.0. The van der Waals surface area contributed by atoms with Crippen molar-refractivity contribution in [2.24, 2.45) is 0 Å². The minimum Gasteiger partial charge on any atom is -0.444 e. The number of amides is 1. The summed E-state index contributed by atoms with van der Waals surface area (Å²) in [4.78, 5) is 22.7. The van der Waals surface area contributed by atoms with Crippen LogP contribution in [0.5, 0.6) is 0 Å². The van der Waals surface area contributed by atoms with Gasteiger partial charge in [0.2, 0.25) is 0 Å². The van der Waals surface area contributed by atoms with Gasteiger partial charge in [0.05, 0.1) is 0 Å². The highest BCUT2D eigenvalue weighted by molar-refractivity contribution is 5.78. The summed E-state index contributed by atoms with van der Waals surface area (Å²) in [5.41, 5.74) is 0.623. The number of ether oxygens (including phenoxy) is 1. The Hall–Kier alpha value is -1.92. The lowest BCUT2D eigenvalue weighted by Crippen LogP contribution is -2.38. The first-order chi connectivity index (χ1) is 10.6. The number of benzene rings is 1. The lowest BCUT2D eigenvalue weighted by molar-refractivity contribution is -0.116. The van der Waals surface area contributed by atoms with Crippen molar-refractivity contribution in [1.29, 1.82) is 0 Å². The lowest BCUT2D eigenvalue weighted by Gasteiger charge is -2.22. The van der Waals surface area contributed by atoms with Crippen LogP contribution in [0.15, 0.2) is 24.3 Å². The van der Waals surface area contributed by atoms with E-state index in [0.29, 0.717) is 5.56 Å². The van der Waals surface area contributed by atoms with Crippen molar-refractivity contribution in [3.8, 4) is 0 Å². The molecule has 1 amide bonds. The topological polar surface area (TPSA) is 95.9 Å². The molecule has 0 aliphatic heterocycles. The van der Waals surface area contributed by atoms with E-state index in [1.807, 2.05) is 0 Å². The summed E-state index contributed by atoms with van der Waals surface area (Å²) < 4.78 is 5.06. The van der Waals surface area contributed by atoms with Crippen LogP contribution in [0.1, 0.15) is 44.9 Å². The van der Waals surface area contributed by atoms with Crippen molar-refractivity contribution >= 4 is 11.9 Å². The van der Waals surface area contributed by atoms with Gasteiger partial charge >= 0.3 is 6.09 Å². The van der Waals surface area contributed by atoms with Gasteiger partial charge in [0, 0.05) is 13.0 Å². The minimum atomic E-state index is -1.19. The highest BCUT2D eigenvalue weighted by Gasteiger charge is 2.21. The van der Waals surface area contributed by atoms with Crippen LogP contribution in [0.3, 0.4) is 0 Å². The number of alkyl carbamates (subject to hydrolysis) is 1. The Morgan fingerprint density at radius 2 is 1.91 bits per heavy atom. The second kappa shape index (κ2) is 8.08. The molecule has 3 N–H and O–H groups in total. The van der Waals surface area contributed by atoms with E-state index in [2.05, 4.69) is 5.32 Å². The number of nitrogens with one attached hydrogen (secondary N) is 1. The standard InChI is InChI=1S/C17H25NO5/c1-11(19)8-12-6-5-7-13(9-12)15(21)14(20)10-18-16(22)23-17(2,3)4/h5-7,9,14-15,20-21H,8,10H2,1-4H3,(H,18,22). The van der Waals surface area contributed by atoms with E-state index >= 15 is 0 Å². The molecule has 0 heterocycles. The van der Waals surface area contributed by atoms with E-state index in [0.717, 1.165) is 5.56 Å². The molecule has 0 fully saturated rings. The molecular formula is C17H25NO5. The van der Waals surface area contributed by atoms with Gasteiger partial charge in [0.1, 0.15) is 23.6 Å². The van der Waals surface area contributed by atoms with E-state index < -0.39 is 23.9 Å². The molecule has 1 aromatic carbocycles. The Balaban J connectivity index is 2.61. The fourth-order valence-corrected chi connectivity index (χ4v) is 2.01. The summed E-state index contributed by atoms with van der Waals surface area (Å²) in [5, 5.41) is 22.6. The van der Waals surface area contributed by atoms with Gasteiger partial charge in [0.15, 0.2) is 0 Å². The van der Waals surface area contributed by atoms with Gasteiger partial charge in [-0.25, -0.2) is 4.79 Å². The number of Topliss-reactive ketones (excluding diaryl/α,β-unsaturated/α-hetero) is 1. The van der Waals surface area contributed by atoms with Gasteiger partial charge < -0.3 is 20.3 Å². The van der Waals surface area contributed by atoms with Crippen molar-refractivity contribution in [3.05, 3.63) is 35.4 Å². The van der Waals surface area contributed by atoms with Gasteiger partial charge in [-0.2, -0.15) is 0 Å². The summed E-state index contributed by atoms with van der Waals surface area (Å²) in [6.45, 7) is 6.55. The molecule has 0 saturated heterocycles. The molecule has 128 valence electrons. The molecule has 2 unspecified atom stereocenters. The zero-order chi connectivity index (χ0) is 17.6. The first-order valence-electron chi connectivity index (χ1n) is 7.50. The van der Waals surface area contributed by atoms with Crippen molar-refractivity contribution in [3.63, 3.8) is 0 Å². The number of aliphatic hydroxyl groups excluding tert-OH is 2. The zero-order valence-electron chi connectivity index (χ0n) is 14.0. The van der Waals surface area contributed by atoms with Crippen LogP contribution in [-0.4, -0.2) is 40.3 Å². The molecule has 6 nitrogen and oxygen atoms in total. The molecule has 0 bridgehead atoms. The number of hydrogen-bond acceptors (Lipinski definition) is 5. The van der Waals surface area contributed by atoms with Gasteiger partial charge in [-0.05, 0) is 38.8 Å². The van der Waals surface area contributed by atoms with Crippen molar-refractivity contribution in [1.82, 2.24) is 5.32 Å². The Labute approximate surface area is 136 Å². The molecule has 1 rings (SSSR count). The maximum atomic E-state index is 11.5. The third-order valence-electron chi connectivity index (χ3n) is 2.96. The molecule has 2 atom stereocenters. The molecular weight excluding hydrogens is 298 g/mol. The number of carbonyl (C=O) groups is 2. The predicted octanol–water partition coefficient (Wildman–Crippen LogP) is 1.74. The lowest BCUT2D eigenvalue weighted by atomic mass is 10.00. The fourth-order valence-electron chi connectivity index (χ4n) is 2.01. The summed E-state index contributed by atoms with van der Waals surface area (Å²) in [6, 6.07) is 6.82. The summed E-state index contributed by atoms with van der Waals surface area (Å²) in [6.07, 6.45) is -2.74. The first kappa shape index (κ1) is 19.1. The largest absolute Gasteiger partial charge is 0.444 e. The third kappa shape index (κ3) is 7.25. The average molecular weight is 323 g/mol. The molecule has 0 radical (unpaired) electrons.